The molecule has 1 N–H and O–H groups in total. The predicted octanol–water partition coefficient (Wildman–Crippen LogP) is 2.92. The van der Waals surface area contributed by atoms with Gasteiger partial charge in [0, 0.05) is 12.8 Å². The minimum atomic E-state index is -1.16. The van der Waals surface area contributed by atoms with Crippen molar-refractivity contribution in [2.45, 2.75) is 45.6 Å². The molecule has 0 aliphatic carbocycles. The van der Waals surface area contributed by atoms with Crippen LogP contribution in [0.4, 0.5) is 0 Å². The first-order valence-electron chi connectivity index (χ1n) is 6.26. The second-order valence-electron chi connectivity index (χ2n) is 5.30. The van der Waals surface area contributed by atoms with Crippen molar-refractivity contribution in [2.75, 3.05) is 0 Å². The summed E-state index contributed by atoms with van der Waals surface area (Å²) in [6, 6.07) is 1.59. The van der Waals surface area contributed by atoms with Crippen LogP contribution in [-0.2, 0) is 4.79 Å². The van der Waals surface area contributed by atoms with Crippen LogP contribution < -0.4 is 0 Å². The molecule has 1 aromatic heterocycles. The summed E-state index contributed by atoms with van der Waals surface area (Å²) in [6.45, 7) is 5.23. The number of carbonyl (C=O) groups is 2. The van der Waals surface area contributed by atoms with Crippen molar-refractivity contribution in [1.29, 1.82) is 0 Å². The molecule has 0 aliphatic heterocycles. The van der Waals surface area contributed by atoms with Crippen molar-refractivity contribution < 1.29 is 19.1 Å². The van der Waals surface area contributed by atoms with Crippen LogP contribution in [0.3, 0.4) is 0 Å². The van der Waals surface area contributed by atoms with Gasteiger partial charge in [0.05, 0.1) is 17.4 Å². The maximum absolute atomic E-state index is 11.7. The molecule has 0 bridgehead atoms. The Morgan fingerprint density at radius 2 is 2.11 bits per heavy atom. The Labute approximate surface area is 113 Å². The van der Waals surface area contributed by atoms with Crippen LogP contribution in [0.5, 0.6) is 0 Å². The topological polar surface area (TPSA) is 67.5 Å². The third-order valence-electron chi connectivity index (χ3n) is 2.74. The van der Waals surface area contributed by atoms with Crippen molar-refractivity contribution >= 4 is 11.6 Å². The maximum Gasteiger partial charge on any atom is 0.166 e. The van der Waals surface area contributed by atoms with Gasteiger partial charge in [0.2, 0.25) is 0 Å². The number of aliphatic hydroxyl groups is 1. The highest BCUT2D eigenvalue weighted by molar-refractivity contribution is 5.95. The van der Waals surface area contributed by atoms with Gasteiger partial charge in [-0.05, 0) is 39.3 Å². The summed E-state index contributed by atoms with van der Waals surface area (Å²) in [5.74, 6) is -0.218. The van der Waals surface area contributed by atoms with Gasteiger partial charge in [-0.15, -0.1) is 0 Å². The Balaban J connectivity index is 2.49. The first-order chi connectivity index (χ1) is 8.80. The Hall–Kier alpha value is -1.68. The SMILES string of the molecule is CC(C)=CC(=O)C[C@](C)(O)CCC(=O)c1ccoc1. The van der Waals surface area contributed by atoms with Crippen LogP contribution >= 0.6 is 0 Å². The average molecular weight is 264 g/mol. The molecular weight excluding hydrogens is 244 g/mol. The van der Waals surface area contributed by atoms with Gasteiger partial charge in [0.15, 0.2) is 11.6 Å². The van der Waals surface area contributed by atoms with E-state index in [1.807, 2.05) is 13.8 Å². The number of hydrogen-bond donors (Lipinski definition) is 1. The fourth-order valence-electron chi connectivity index (χ4n) is 1.79. The van der Waals surface area contributed by atoms with Gasteiger partial charge in [-0.1, -0.05) is 5.57 Å². The van der Waals surface area contributed by atoms with Crippen molar-refractivity contribution in [3.63, 3.8) is 0 Å². The van der Waals surface area contributed by atoms with E-state index in [9.17, 15) is 14.7 Å². The molecule has 1 aromatic rings. The van der Waals surface area contributed by atoms with E-state index in [1.54, 1.807) is 13.0 Å². The minimum Gasteiger partial charge on any atom is -0.472 e. The summed E-state index contributed by atoms with van der Waals surface area (Å²) in [6.07, 6.45) is 4.78. The first-order valence-corrected chi connectivity index (χ1v) is 6.26. The van der Waals surface area contributed by atoms with Crippen LogP contribution in [0.15, 0.2) is 34.7 Å². The Morgan fingerprint density at radius 3 is 2.63 bits per heavy atom. The minimum absolute atomic E-state index is 0.0246. The number of carbonyl (C=O) groups excluding carboxylic acids is 2. The predicted molar refractivity (Wildman–Crippen MR) is 72.0 cm³/mol. The van der Waals surface area contributed by atoms with Crippen molar-refractivity contribution in [3.8, 4) is 0 Å². The van der Waals surface area contributed by atoms with Gasteiger partial charge in [0.25, 0.3) is 0 Å². The van der Waals surface area contributed by atoms with Crippen LogP contribution in [0.25, 0.3) is 0 Å². The normalized spacial score (nSPS) is 13.7. The van der Waals surface area contributed by atoms with E-state index in [0.29, 0.717) is 5.56 Å². The molecule has 1 heterocycles. The van der Waals surface area contributed by atoms with Crippen LogP contribution in [0.1, 0.15) is 50.4 Å². The molecule has 0 fully saturated rings. The second-order valence-corrected chi connectivity index (χ2v) is 5.30. The molecule has 0 aromatic carbocycles. The van der Waals surface area contributed by atoms with Crippen LogP contribution in [-0.4, -0.2) is 22.3 Å². The third-order valence-corrected chi connectivity index (χ3v) is 2.74. The lowest BCUT2D eigenvalue weighted by Gasteiger charge is -2.21. The Morgan fingerprint density at radius 1 is 1.42 bits per heavy atom. The quantitative estimate of drug-likeness (QED) is 0.607. The van der Waals surface area contributed by atoms with Crippen molar-refractivity contribution in [3.05, 3.63) is 35.8 Å². The monoisotopic (exact) mass is 264 g/mol. The number of allylic oxidation sites excluding steroid dienone is 2. The van der Waals surface area contributed by atoms with Crippen LogP contribution in [0, 0.1) is 0 Å². The molecule has 0 unspecified atom stereocenters. The molecule has 0 radical (unpaired) electrons. The van der Waals surface area contributed by atoms with E-state index < -0.39 is 5.60 Å². The number of Topliss-reactive ketones (excluding diaryl/α,β-unsaturated/α-hetero) is 1. The standard InChI is InChI=1S/C15H20O4/c1-11(2)8-13(16)9-15(3,18)6-4-14(17)12-5-7-19-10-12/h5,7-8,10,18H,4,6,9H2,1-3H3/t15-/m1/s1. The zero-order valence-electron chi connectivity index (χ0n) is 11.6. The largest absolute Gasteiger partial charge is 0.472 e. The van der Waals surface area contributed by atoms with Gasteiger partial charge in [-0.25, -0.2) is 0 Å². The number of furan rings is 1. The van der Waals surface area contributed by atoms with E-state index in [0.717, 1.165) is 5.57 Å². The van der Waals surface area contributed by atoms with E-state index in [1.165, 1.54) is 18.6 Å². The lowest BCUT2D eigenvalue weighted by atomic mass is 9.91. The smallest absolute Gasteiger partial charge is 0.166 e. The maximum atomic E-state index is 11.7. The zero-order valence-corrected chi connectivity index (χ0v) is 11.6. The molecule has 104 valence electrons. The highest BCUT2D eigenvalue weighted by atomic mass is 16.3. The lowest BCUT2D eigenvalue weighted by molar-refractivity contribution is -0.119. The van der Waals surface area contributed by atoms with Gasteiger partial charge >= 0.3 is 0 Å². The van der Waals surface area contributed by atoms with Crippen LogP contribution in [0.2, 0.25) is 0 Å². The summed E-state index contributed by atoms with van der Waals surface area (Å²) >= 11 is 0. The fourth-order valence-corrected chi connectivity index (χ4v) is 1.79. The second kappa shape index (κ2) is 6.48. The molecule has 1 rings (SSSR count). The molecule has 0 spiro atoms. The summed E-state index contributed by atoms with van der Waals surface area (Å²) in [5.41, 5.74) is 0.226. The summed E-state index contributed by atoms with van der Waals surface area (Å²) in [4.78, 5) is 23.4. The Kier molecular flexibility index (Phi) is 5.24. The van der Waals surface area contributed by atoms with Gasteiger partial charge in [-0.2, -0.15) is 0 Å². The summed E-state index contributed by atoms with van der Waals surface area (Å²) < 4.78 is 4.83. The van der Waals surface area contributed by atoms with E-state index >= 15 is 0 Å². The Bertz CT molecular complexity index is 462. The van der Waals surface area contributed by atoms with Crippen molar-refractivity contribution in [1.82, 2.24) is 0 Å². The molecule has 19 heavy (non-hydrogen) atoms. The molecule has 1 atom stereocenters. The van der Waals surface area contributed by atoms with Gasteiger partial charge in [0.1, 0.15) is 6.26 Å². The number of hydrogen-bond acceptors (Lipinski definition) is 4. The van der Waals surface area contributed by atoms with E-state index in [-0.39, 0.29) is 30.8 Å². The molecule has 0 saturated heterocycles. The van der Waals surface area contributed by atoms with E-state index in [2.05, 4.69) is 0 Å². The third kappa shape index (κ3) is 5.66. The number of rotatable bonds is 7. The van der Waals surface area contributed by atoms with E-state index in [4.69, 9.17) is 4.42 Å². The molecule has 4 heteroatoms. The lowest BCUT2D eigenvalue weighted by Crippen LogP contribution is -2.28. The first kappa shape index (κ1) is 15.4. The molecule has 0 aliphatic rings. The molecular formula is C15H20O4. The van der Waals surface area contributed by atoms with Crippen molar-refractivity contribution in [2.24, 2.45) is 0 Å². The van der Waals surface area contributed by atoms with Gasteiger partial charge < -0.3 is 9.52 Å². The highest BCUT2D eigenvalue weighted by Gasteiger charge is 2.24. The fraction of sp³-hybridized carbons (Fsp3) is 0.467. The average Bonchev–Trinajstić information content (AvgIpc) is 2.77. The molecule has 4 nitrogen and oxygen atoms in total. The zero-order chi connectivity index (χ0) is 14.5. The van der Waals surface area contributed by atoms with Gasteiger partial charge in [-0.3, -0.25) is 9.59 Å². The number of ketones is 2. The summed E-state index contributed by atoms with van der Waals surface area (Å²) in [5, 5.41) is 10.1. The highest BCUT2D eigenvalue weighted by Crippen LogP contribution is 2.19. The summed E-state index contributed by atoms with van der Waals surface area (Å²) in [7, 11) is 0. The molecule has 0 saturated carbocycles. The molecule has 0 amide bonds.